The van der Waals surface area contributed by atoms with Gasteiger partial charge in [-0.05, 0) is 48.6 Å². The zero-order chi connectivity index (χ0) is 26.1. The SMILES string of the molecule is Cc1ccc(OCC(=O)N(Cc2ccccc2Cl)[C@@H](Cc2ccccc2)C(=O)NCC(C)C)c(C)c1. The second kappa shape index (κ2) is 13.1. The third-order valence-corrected chi connectivity index (χ3v) is 6.30. The minimum Gasteiger partial charge on any atom is -0.483 e. The first-order valence-electron chi connectivity index (χ1n) is 12.3. The van der Waals surface area contributed by atoms with Crippen LogP contribution in [0.5, 0.6) is 5.75 Å². The Morgan fingerprint density at radius 1 is 0.972 bits per heavy atom. The summed E-state index contributed by atoms with van der Waals surface area (Å²) in [6.07, 6.45) is 0.379. The van der Waals surface area contributed by atoms with Crippen LogP contribution in [0.15, 0.2) is 72.8 Å². The predicted octanol–water partition coefficient (Wildman–Crippen LogP) is 5.75. The topological polar surface area (TPSA) is 58.6 Å². The molecule has 0 aliphatic heterocycles. The van der Waals surface area contributed by atoms with Crippen LogP contribution in [0.1, 0.15) is 36.1 Å². The lowest BCUT2D eigenvalue weighted by Crippen LogP contribution is -2.52. The van der Waals surface area contributed by atoms with E-state index < -0.39 is 6.04 Å². The number of carbonyl (C=O) groups excluding carboxylic acids is 2. The molecule has 0 saturated carbocycles. The molecule has 5 nitrogen and oxygen atoms in total. The van der Waals surface area contributed by atoms with E-state index in [4.69, 9.17) is 16.3 Å². The Balaban J connectivity index is 1.92. The summed E-state index contributed by atoms with van der Waals surface area (Å²) in [7, 11) is 0. The molecule has 0 saturated heterocycles. The largest absolute Gasteiger partial charge is 0.483 e. The highest BCUT2D eigenvalue weighted by atomic mass is 35.5. The summed E-state index contributed by atoms with van der Waals surface area (Å²) in [6.45, 7) is 8.58. The molecule has 0 bridgehead atoms. The Morgan fingerprint density at radius 3 is 2.33 bits per heavy atom. The van der Waals surface area contributed by atoms with Crippen LogP contribution in [0.2, 0.25) is 5.02 Å². The van der Waals surface area contributed by atoms with Gasteiger partial charge in [-0.1, -0.05) is 91.7 Å². The first kappa shape index (κ1) is 27.3. The molecule has 2 amide bonds. The molecular weight excluding hydrogens is 472 g/mol. The highest BCUT2D eigenvalue weighted by Crippen LogP contribution is 2.22. The summed E-state index contributed by atoms with van der Waals surface area (Å²) < 4.78 is 5.92. The molecule has 3 aromatic carbocycles. The van der Waals surface area contributed by atoms with E-state index in [0.717, 1.165) is 22.3 Å². The van der Waals surface area contributed by atoms with Gasteiger partial charge in [-0.2, -0.15) is 0 Å². The zero-order valence-electron chi connectivity index (χ0n) is 21.5. The van der Waals surface area contributed by atoms with Crippen molar-refractivity contribution >= 4 is 23.4 Å². The molecule has 3 aromatic rings. The molecule has 0 aromatic heterocycles. The van der Waals surface area contributed by atoms with Crippen LogP contribution in [-0.2, 0) is 22.6 Å². The van der Waals surface area contributed by atoms with Gasteiger partial charge in [0.2, 0.25) is 5.91 Å². The number of amides is 2. The van der Waals surface area contributed by atoms with Crippen molar-refractivity contribution in [2.24, 2.45) is 5.92 Å². The molecule has 0 fully saturated rings. The van der Waals surface area contributed by atoms with E-state index in [2.05, 4.69) is 5.32 Å². The fourth-order valence-corrected chi connectivity index (χ4v) is 4.17. The van der Waals surface area contributed by atoms with Gasteiger partial charge in [-0.3, -0.25) is 9.59 Å². The molecule has 0 unspecified atom stereocenters. The highest BCUT2D eigenvalue weighted by Gasteiger charge is 2.31. The molecule has 36 heavy (non-hydrogen) atoms. The van der Waals surface area contributed by atoms with Gasteiger partial charge in [-0.15, -0.1) is 0 Å². The lowest BCUT2D eigenvalue weighted by molar-refractivity contribution is -0.142. The van der Waals surface area contributed by atoms with Crippen LogP contribution < -0.4 is 10.1 Å². The zero-order valence-corrected chi connectivity index (χ0v) is 22.2. The van der Waals surface area contributed by atoms with E-state index in [0.29, 0.717) is 23.7 Å². The van der Waals surface area contributed by atoms with Crippen molar-refractivity contribution in [3.8, 4) is 5.75 Å². The summed E-state index contributed by atoms with van der Waals surface area (Å²) in [5.41, 5.74) is 3.82. The van der Waals surface area contributed by atoms with Crippen LogP contribution in [0, 0.1) is 19.8 Å². The number of ether oxygens (including phenoxy) is 1. The lowest BCUT2D eigenvalue weighted by atomic mass is 10.0. The monoisotopic (exact) mass is 506 g/mol. The first-order valence-corrected chi connectivity index (χ1v) is 12.7. The van der Waals surface area contributed by atoms with Crippen LogP contribution in [0.25, 0.3) is 0 Å². The van der Waals surface area contributed by atoms with Crippen molar-refractivity contribution in [2.45, 2.75) is 46.7 Å². The fraction of sp³-hybridized carbons (Fsp3) is 0.333. The molecule has 0 aliphatic rings. The smallest absolute Gasteiger partial charge is 0.261 e. The summed E-state index contributed by atoms with van der Waals surface area (Å²) in [6, 6.07) is 22.2. The Morgan fingerprint density at radius 2 is 1.67 bits per heavy atom. The average Bonchev–Trinajstić information content (AvgIpc) is 2.85. The van der Waals surface area contributed by atoms with Gasteiger partial charge in [0, 0.05) is 24.5 Å². The van der Waals surface area contributed by atoms with Crippen molar-refractivity contribution in [2.75, 3.05) is 13.2 Å². The summed E-state index contributed by atoms with van der Waals surface area (Å²) in [5.74, 6) is 0.456. The standard InChI is InChI=1S/C30H35ClN2O3/c1-21(2)18-32-30(35)27(17-24-10-6-5-7-11-24)33(19-25-12-8-9-13-26(25)31)29(34)20-36-28-15-14-22(3)16-23(28)4/h5-16,21,27H,17-20H2,1-4H3,(H,32,35)/t27-/m0/s1. The molecular formula is C30H35ClN2O3. The molecule has 1 atom stereocenters. The number of nitrogens with zero attached hydrogens (tertiary/aromatic N) is 1. The molecule has 3 rings (SSSR count). The number of nitrogens with one attached hydrogen (secondary N) is 1. The van der Waals surface area contributed by atoms with Crippen molar-refractivity contribution in [3.63, 3.8) is 0 Å². The number of hydrogen-bond acceptors (Lipinski definition) is 3. The maximum absolute atomic E-state index is 13.7. The fourth-order valence-electron chi connectivity index (χ4n) is 3.97. The summed E-state index contributed by atoms with van der Waals surface area (Å²) >= 11 is 6.46. The number of rotatable bonds is 11. The molecule has 0 radical (unpaired) electrons. The van der Waals surface area contributed by atoms with E-state index >= 15 is 0 Å². The number of halogens is 1. The minimum absolute atomic E-state index is 0.183. The number of hydrogen-bond donors (Lipinski definition) is 1. The number of benzene rings is 3. The molecule has 190 valence electrons. The van der Waals surface area contributed by atoms with E-state index in [1.54, 1.807) is 11.0 Å². The third-order valence-electron chi connectivity index (χ3n) is 5.94. The average molecular weight is 507 g/mol. The lowest BCUT2D eigenvalue weighted by Gasteiger charge is -2.32. The van der Waals surface area contributed by atoms with Gasteiger partial charge < -0.3 is 15.0 Å². The predicted molar refractivity (Wildman–Crippen MR) is 145 cm³/mol. The van der Waals surface area contributed by atoms with E-state index in [9.17, 15) is 9.59 Å². The van der Waals surface area contributed by atoms with Crippen LogP contribution in [-0.4, -0.2) is 35.9 Å². The van der Waals surface area contributed by atoms with Gasteiger partial charge >= 0.3 is 0 Å². The Hall–Kier alpha value is -3.31. The van der Waals surface area contributed by atoms with Crippen LogP contribution in [0.3, 0.4) is 0 Å². The molecule has 0 spiro atoms. The Labute approximate surface area is 219 Å². The van der Waals surface area contributed by atoms with Crippen molar-refractivity contribution in [1.29, 1.82) is 0 Å². The number of carbonyl (C=O) groups is 2. The Bertz CT molecular complexity index is 1160. The normalized spacial score (nSPS) is 11.7. The van der Waals surface area contributed by atoms with Crippen molar-refractivity contribution < 1.29 is 14.3 Å². The van der Waals surface area contributed by atoms with E-state index in [1.165, 1.54) is 0 Å². The molecule has 6 heteroatoms. The van der Waals surface area contributed by atoms with Gasteiger partial charge in [0.25, 0.3) is 5.91 Å². The van der Waals surface area contributed by atoms with Crippen LogP contribution >= 0.6 is 11.6 Å². The maximum Gasteiger partial charge on any atom is 0.261 e. The van der Waals surface area contributed by atoms with Crippen LogP contribution in [0.4, 0.5) is 0 Å². The Kier molecular flexibility index (Phi) is 9.95. The molecule has 1 N–H and O–H groups in total. The van der Waals surface area contributed by atoms with E-state index in [1.807, 2.05) is 94.4 Å². The summed E-state index contributed by atoms with van der Waals surface area (Å²) in [5, 5.41) is 3.57. The van der Waals surface area contributed by atoms with Crippen molar-refractivity contribution in [3.05, 3.63) is 100 Å². The molecule has 0 heterocycles. The second-order valence-corrected chi connectivity index (χ2v) is 9.92. The van der Waals surface area contributed by atoms with Gasteiger partial charge in [0.1, 0.15) is 11.8 Å². The molecule has 0 aliphatic carbocycles. The highest BCUT2D eigenvalue weighted by molar-refractivity contribution is 6.31. The summed E-state index contributed by atoms with van der Waals surface area (Å²) in [4.78, 5) is 28.7. The number of aryl methyl sites for hydroxylation is 2. The van der Waals surface area contributed by atoms with Gasteiger partial charge in [0.15, 0.2) is 6.61 Å². The first-order chi connectivity index (χ1) is 17.2. The van der Waals surface area contributed by atoms with E-state index in [-0.39, 0.29) is 30.9 Å². The van der Waals surface area contributed by atoms with Crippen molar-refractivity contribution in [1.82, 2.24) is 10.2 Å². The van der Waals surface area contributed by atoms with Gasteiger partial charge in [0.05, 0.1) is 0 Å². The third kappa shape index (κ3) is 7.85. The van der Waals surface area contributed by atoms with Gasteiger partial charge in [-0.25, -0.2) is 0 Å². The minimum atomic E-state index is -0.724. The second-order valence-electron chi connectivity index (χ2n) is 9.52. The maximum atomic E-state index is 13.7. The quantitative estimate of drug-likeness (QED) is 0.360.